The van der Waals surface area contributed by atoms with E-state index in [4.69, 9.17) is 5.11 Å². The van der Waals surface area contributed by atoms with Crippen LogP contribution in [0.2, 0.25) is 0 Å². The van der Waals surface area contributed by atoms with Crippen LogP contribution in [0.5, 0.6) is 5.75 Å². The largest absolute Gasteiger partial charge is 0.507 e. The molecular weight excluding hydrogens is 234 g/mol. The maximum atomic E-state index is 11.6. The summed E-state index contributed by atoms with van der Waals surface area (Å²) >= 11 is 0. The van der Waals surface area contributed by atoms with Gasteiger partial charge in [0.25, 0.3) is 0 Å². The Morgan fingerprint density at radius 1 is 1.44 bits per heavy atom. The second-order valence-corrected chi connectivity index (χ2v) is 3.86. The Labute approximate surface area is 106 Å². The molecule has 0 fully saturated rings. The molecule has 0 aliphatic rings. The van der Waals surface area contributed by atoms with Gasteiger partial charge in [-0.25, -0.2) is 4.79 Å². The van der Waals surface area contributed by atoms with Crippen LogP contribution in [0.15, 0.2) is 11.1 Å². The molecule has 0 saturated heterocycles. The molecule has 0 aromatic heterocycles. The highest BCUT2D eigenvalue weighted by molar-refractivity contribution is 5.95. The van der Waals surface area contributed by atoms with E-state index in [1.54, 1.807) is 13.8 Å². The van der Waals surface area contributed by atoms with Crippen molar-refractivity contribution in [3.05, 3.63) is 28.3 Å². The number of esters is 1. The third-order valence-corrected chi connectivity index (χ3v) is 2.76. The van der Waals surface area contributed by atoms with Crippen molar-refractivity contribution in [3.8, 4) is 5.75 Å². The summed E-state index contributed by atoms with van der Waals surface area (Å²) in [6.45, 7) is 3.66. The Bertz CT molecular complexity index is 480. The highest BCUT2D eigenvalue weighted by Gasteiger charge is 2.16. The zero-order valence-corrected chi connectivity index (χ0v) is 10.7. The summed E-state index contributed by atoms with van der Waals surface area (Å²) in [5.41, 5.74) is 2.13. The fraction of sp³-hybridized carbons (Fsp3) is 0.385. The number of nitrogens with zero attached hydrogens (tertiary/aromatic N) is 1. The second-order valence-electron chi connectivity index (χ2n) is 3.86. The molecule has 0 saturated carbocycles. The van der Waals surface area contributed by atoms with E-state index in [1.165, 1.54) is 19.4 Å². The van der Waals surface area contributed by atoms with Crippen molar-refractivity contribution >= 4 is 12.2 Å². The standard InChI is InChI=1S/C13H17NO4/c1-8-9(2)12(16)10(7-14-4-5-15)6-11(8)13(17)18-3/h6-7,15-16H,4-5H2,1-3H3. The summed E-state index contributed by atoms with van der Waals surface area (Å²) in [4.78, 5) is 15.5. The molecular formula is C13H17NO4. The molecule has 0 radical (unpaired) electrons. The first-order valence-corrected chi connectivity index (χ1v) is 5.55. The van der Waals surface area contributed by atoms with Gasteiger partial charge in [-0.15, -0.1) is 0 Å². The number of carbonyl (C=O) groups is 1. The zero-order valence-electron chi connectivity index (χ0n) is 10.7. The van der Waals surface area contributed by atoms with Crippen molar-refractivity contribution in [1.29, 1.82) is 0 Å². The number of methoxy groups -OCH3 is 1. The van der Waals surface area contributed by atoms with Gasteiger partial charge in [-0.1, -0.05) is 0 Å². The molecule has 5 nitrogen and oxygen atoms in total. The average Bonchev–Trinajstić information content (AvgIpc) is 2.38. The lowest BCUT2D eigenvalue weighted by Gasteiger charge is -2.11. The van der Waals surface area contributed by atoms with Crippen LogP contribution in [0.1, 0.15) is 27.0 Å². The molecule has 98 valence electrons. The summed E-state index contributed by atoms with van der Waals surface area (Å²) in [6.07, 6.45) is 1.43. The van der Waals surface area contributed by atoms with Crippen molar-refractivity contribution in [2.75, 3.05) is 20.3 Å². The lowest BCUT2D eigenvalue weighted by atomic mass is 9.98. The van der Waals surface area contributed by atoms with Crippen LogP contribution in [0.25, 0.3) is 0 Å². The molecule has 0 unspecified atom stereocenters. The normalized spacial score (nSPS) is 10.9. The highest BCUT2D eigenvalue weighted by Crippen LogP contribution is 2.27. The van der Waals surface area contributed by atoms with Gasteiger partial charge in [-0.2, -0.15) is 0 Å². The summed E-state index contributed by atoms with van der Waals surface area (Å²) in [5, 5.41) is 18.6. The summed E-state index contributed by atoms with van der Waals surface area (Å²) in [5.74, 6) is -0.366. The maximum absolute atomic E-state index is 11.6. The zero-order chi connectivity index (χ0) is 13.7. The van der Waals surface area contributed by atoms with Gasteiger partial charge in [0.05, 0.1) is 25.8 Å². The van der Waals surface area contributed by atoms with E-state index in [1.807, 2.05) is 0 Å². The van der Waals surface area contributed by atoms with Crippen molar-refractivity contribution in [2.24, 2.45) is 4.99 Å². The van der Waals surface area contributed by atoms with Crippen LogP contribution >= 0.6 is 0 Å². The molecule has 0 heterocycles. The molecule has 0 bridgehead atoms. The Balaban J connectivity index is 3.27. The third kappa shape index (κ3) is 2.87. The number of hydrogen-bond acceptors (Lipinski definition) is 5. The second kappa shape index (κ2) is 6.16. The third-order valence-electron chi connectivity index (χ3n) is 2.76. The first kappa shape index (κ1) is 14.2. The van der Waals surface area contributed by atoms with Crippen LogP contribution in [0, 0.1) is 13.8 Å². The number of phenolic OH excluding ortho intramolecular Hbond substituents is 1. The number of ether oxygens (including phenoxy) is 1. The van der Waals surface area contributed by atoms with Gasteiger partial charge in [0.2, 0.25) is 0 Å². The lowest BCUT2D eigenvalue weighted by Crippen LogP contribution is -2.06. The fourth-order valence-electron chi connectivity index (χ4n) is 1.57. The number of aliphatic hydroxyl groups is 1. The molecule has 0 aliphatic heterocycles. The Kier molecular flexibility index (Phi) is 4.85. The van der Waals surface area contributed by atoms with Crippen molar-refractivity contribution in [1.82, 2.24) is 0 Å². The molecule has 1 aromatic carbocycles. The molecule has 2 N–H and O–H groups in total. The van der Waals surface area contributed by atoms with E-state index in [0.29, 0.717) is 22.3 Å². The monoisotopic (exact) mass is 251 g/mol. The number of hydrogen-bond donors (Lipinski definition) is 2. The topological polar surface area (TPSA) is 79.1 Å². The summed E-state index contributed by atoms with van der Waals surface area (Å²) in [6, 6.07) is 1.53. The van der Waals surface area contributed by atoms with E-state index in [2.05, 4.69) is 9.73 Å². The van der Waals surface area contributed by atoms with Gasteiger partial charge in [0.1, 0.15) is 5.75 Å². The summed E-state index contributed by atoms with van der Waals surface area (Å²) < 4.78 is 4.69. The maximum Gasteiger partial charge on any atom is 0.338 e. The van der Waals surface area contributed by atoms with Crippen LogP contribution in [0.4, 0.5) is 0 Å². The summed E-state index contributed by atoms with van der Waals surface area (Å²) in [7, 11) is 1.31. The van der Waals surface area contributed by atoms with Gasteiger partial charge in [-0.05, 0) is 31.0 Å². The Hall–Kier alpha value is -1.88. The molecule has 1 rings (SSSR count). The van der Waals surface area contributed by atoms with Crippen molar-refractivity contribution in [3.63, 3.8) is 0 Å². The van der Waals surface area contributed by atoms with Crippen LogP contribution in [-0.4, -0.2) is 42.7 Å². The number of aromatic hydroxyl groups is 1. The minimum Gasteiger partial charge on any atom is -0.507 e. The minimum absolute atomic E-state index is 0.0635. The molecule has 1 aromatic rings. The quantitative estimate of drug-likeness (QED) is 0.622. The van der Waals surface area contributed by atoms with Gasteiger partial charge in [0, 0.05) is 11.8 Å². The minimum atomic E-state index is -0.451. The fourth-order valence-corrected chi connectivity index (χ4v) is 1.57. The number of carbonyl (C=O) groups excluding carboxylic acids is 1. The van der Waals surface area contributed by atoms with Gasteiger partial charge in [-0.3, -0.25) is 4.99 Å². The lowest BCUT2D eigenvalue weighted by molar-refractivity contribution is 0.0599. The Morgan fingerprint density at radius 3 is 2.67 bits per heavy atom. The van der Waals surface area contributed by atoms with Crippen molar-refractivity contribution < 1.29 is 19.7 Å². The highest BCUT2D eigenvalue weighted by atomic mass is 16.5. The number of rotatable bonds is 4. The van der Waals surface area contributed by atoms with E-state index < -0.39 is 5.97 Å². The smallest absolute Gasteiger partial charge is 0.338 e. The number of aliphatic imine (C=N–C) groups is 1. The van der Waals surface area contributed by atoms with Crippen LogP contribution < -0.4 is 0 Å². The van der Waals surface area contributed by atoms with Gasteiger partial charge >= 0.3 is 5.97 Å². The molecule has 5 heteroatoms. The molecule has 0 atom stereocenters. The average molecular weight is 251 g/mol. The van der Waals surface area contributed by atoms with Crippen LogP contribution in [0.3, 0.4) is 0 Å². The predicted molar refractivity (Wildman–Crippen MR) is 68.5 cm³/mol. The van der Waals surface area contributed by atoms with E-state index in [9.17, 15) is 9.90 Å². The van der Waals surface area contributed by atoms with Gasteiger partial charge in [0.15, 0.2) is 0 Å². The van der Waals surface area contributed by atoms with Gasteiger partial charge < -0.3 is 14.9 Å². The predicted octanol–water partition coefficient (Wildman–Crippen LogP) is 1.21. The first-order valence-electron chi connectivity index (χ1n) is 5.55. The Morgan fingerprint density at radius 2 is 2.11 bits per heavy atom. The van der Waals surface area contributed by atoms with E-state index in [0.717, 1.165) is 0 Å². The van der Waals surface area contributed by atoms with Crippen molar-refractivity contribution in [2.45, 2.75) is 13.8 Å². The molecule has 0 aliphatic carbocycles. The number of aliphatic hydroxyl groups excluding tert-OH is 1. The number of phenols is 1. The molecule has 0 spiro atoms. The first-order chi connectivity index (χ1) is 8.52. The molecule has 18 heavy (non-hydrogen) atoms. The number of benzene rings is 1. The molecule has 0 amide bonds. The van der Waals surface area contributed by atoms with Crippen LogP contribution in [-0.2, 0) is 4.74 Å². The SMILES string of the molecule is COC(=O)c1cc(C=NCCO)c(O)c(C)c1C. The van der Waals surface area contributed by atoms with E-state index >= 15 is 0 Å². The van der Waals surface area contributed by atoms with E-state index in [-0.39, 0.29) is 18.9 Å².